The molecule has 0 aliphatic heterocycles. The highest BCUT2D eigenvalue weighted by atomic mass is 35.5. The number of benzene rings is 2. The van der Waals surface area contributed by atoms with Crippen molar-refractivity contribution in [2.45, 2.75) is 0 Å². The minimum atomic E-state index is 0.494. The highest BCUT2D eigenvalue weighted by Gasteiger charge is 2.08. The van der Waals surface area contributed by atoms with E-state index < -0.39 is 0 Å². The van der Waals surface area contributed by atoms with Crippen molar-refractivity contribution in [2.24, 2.45) is 0 Å². The van der Waals surface area contributed by atoms with Crippen molar-refractivity contribution >= 4 is 45.8 Å². The fraction of sp³-hybridized carbons (Fsp3) is 0. The van der Waals surface area contributed by atoms with E-state index in [2.05, 4.69) is 9.97 Å². The summed E-state index contributed by atoms with van der Waals surface area (Å²) in [5, 5.41) is 1.67. The number of hydrogen-bond acceptors (Lipinski definition) is 1. The van der Waals surface area contributed by atoms with Crippen LogP contribution in [0.25, 0.3) is 22.4 Å². The zero-order valence-corrected chi connectivity index (χ0v) is 11.3. The Kier molecular flexibility index (Phi) is 2.94. The Labute approximate surface area is 119 Å². The molecule has 0 amide bonds. The third-order valence-electron chi connectivity index (χ3n) is 2.62. The lowest BCUT2D eigenvalue weighted by atomic mass is 10.2. The minimum Gasteiger partial charge on any atom is -0.338 e. The van der Waals surface area contributed by atoms with E-state index >= 15 is 0 Å². The first-order valence-corrected chi connectivity index (χ1v) is 6.37. The van der Waals surface area contributed by atoms with Crippen molar-refractivity contribution in [1.82, 2.24) is 9.97 Å². The molecule has 0 spiro atoms. The number of rotatable bonds is 1. The van der Waals surface area contributed by atoms with Crippen molar-refractivity contribution in [3.8, 4) is 11.4 Å². The smallest absolute Gasteiger partial charge is 0.138 e. The summed E-state index contributed by atoms with van der Waals surface area (Å²) in [6.07, 6.45) is 0. The van der Waals surface area contributed by atoms with Crippen molar-refractivity contribution < 1.29 is 0 Å². The van der Waals surface area contributed by atoms with Gasteiger partial charge in [0.1, 0.15) is 5.82 Å². The zero-order chi connectivity index (χ0) is 12.7. The Morgan fingerprint density at radius 1 is 0.944 bits per heavy atom. The van der Waals surface area contributed by atoms with E-state index in [0.29, 0.717) is 15.1 Å². The van der Waals surface area contributed by atoms with E-state index in [4.69, 9.17) is 34.8 Å². The molecule has 0 saturated heterocycles. The Bertz CT molecular complexity index is 695. The molecule has 18 heavy (non-hydrogen) atoms. The number of aromatic amines is 1. The van der Waals surface area contributed by atoms with E-state index in [1.165, 1.54) is 0 Å². The molecule has 1 heterocycles. The number of imidazole rings is 1. The zero-order valence-electron chi connectivity index (χ0n) is 9.05. The number of nitrogens with one attached hydrogen (secondary N) is 1. The monoisotopic (exact) mass is 296 g/mol. The van der Waals surface area contributed by atoms with Crippen LogP contribution < -0.4 is 0 Å². The molecule has 1 N–H and O–H groups in total. The molecule has 3 aromatic rings. The van der Waals surface area contributed by atoms with Crippen molar-refractivity contribution in [2.75, 3.05) is 0 Å². The lowest BCUT2D eigenvalue weighted by Gasteiger charge is -1.96. The predicted octanol–water partition coefficient (Wildman–Crippen LogP) is 5.19. The van der Waals surface area contributed by atoms with Crippen LogP contribution in [0.3, 0.4) is 0 Å². The first-order chi connectivity index (χ1) is 8.63. The maximum Gasteiger partial charge on any atom is 0.138 e. The van der Waals surface area contributed by atoms with Gasteiger partial charge in [0.05, 0.1) is 21.1 Å². The molecule has 0 unspecified atom stereocenters. The summed E-state index contributed by atoms with van der Waals surface area (Å²) < 4.78 is 0. The molecule has 0 bridgehead atoms. The fourth-order valence-electron chi connectivity index (χ4n) is 1.78. The van der Waals surface area contributed by atoms with Gasteiger partial charge in [0, 0.05) is 10.6 Å². The quantitative estimate of drug-likeness (QED) is 0.658. The largest absolute Gasteiger partial charge is 0.338 e. The van der Waals surface area contributed by atoms with Crippen molar-refractivity contribution in [3.05, 3.63) is 51.5 Å². The van der Waals surface area contributed by atoms with Crippen molar-refractivity contribution in [1.29, 1.82) is 0 Å². The van der Waals surface area contributed by atoms with E-state index in [0.717, 1.165) is 22.4 Å². The second-order valence-corrected chi connectivity index (χ2v) is 5.13. The molecule has 0 saturated carbocycles. The van der Waals surface area contributed by atoms with Crippen LogP contribution in [0.4, 0.5) is 0 Å². The van der Waals surface area contributed by atoms with Gasteiger partial charge in [0.15, 0.2) is 0 Å². The molecule has 90 valence electrons. The molecule has 0 atom stereocenters. The second kappa shape index (κ2) is 4.47. The second-order valence-electron chi connectivity index (χ2n) is 3.88. The molecule has 0 aliphatic carbocycles. The van der Waals surface area contributed by atoms with Gasteiger partial charge in [-0.15, -0.1) is 0 Å². The molecule has 2 aromatic carbocycles. The lowest BCUT2D eigenvalue weighted by Crippen LogP contribution is -1.79. The third-order valence-corrected chi connectivity index (χ3v) is 3.58. The van der Waals surface area contributed by atoms with Gasteiger partial charge in [0.25, 0.3) is 0 Å². The molecule has 0 aliphatic rings. The first kappa shape index (κ1) is 11.8. The number of aromatic nitrogens is 2. The Hall–Kier alpha value is -1.22. The molecular formula is C13H7Cl3N2. The van der Waals surface area contributed by atoms with Crippen LogP contribution >= 0.6 is 34.8 Å². The summed E-state index contributed by atoms with van der Waals surface area (Å²) in [6, 6.07) is 11.0. The van der Waals surface area contributed by atoms with E-state index in [1.54, 1.807) is 12.1 Å². The number of hydrogen-bond donors (Lipinski definition) is 1. The van der Waals surface area contributed by atoms with Crippen LogP contribution in [0.2, 0.25) is 15.1 Å². The highest BCUT2D eigenvalue weighted by Crippen LogP contribution is 2.29. The van der Waals surface area contributed by atoms with Crippen LogP contribution in [0.1, 0.15) is 0 Å². The van der Waals surface area contributed by atoms with Gasteiger partial charge in [-0.1, -0.05) is 46.9 Å². The SMILES string of the molecule is Clc1cccc(-c2nc3cc(Cl)c(Cl)cc3[nH]2)c1. The van der Waals surface area contributed by atoms with Gasteiger partial charge in [0.2, 0.25) is 0 Å². The Morgan fingerprint density at radius 3 is 2.50 bits per heavy atom. The molecule has 2 nitrogen and oxygen atoms in total. The molecular weight excluding hydrogens is 291 g/mol. The van der Waals surface area contributed by atoms with Gasteiger partial charge >= 0.3 is 0 Å². The average molecular weight is 298 g/mol. The summed E-state index contributed by atoms with van der Waals surface area (Å²) in [4.78, 5) is 7.66. The van der Waals surface area contributed by atoms with Gasteiger partial charge in [-0.25, -0.2) is 4.98 Å². The summed E-state index contributed by atoms with van der Waals surface area (Å²) in [5.74, 6) is 0.742. The number of nitrogens with zero attached hydrogens (tertiary/aromatic N) is 1. The summed E-state index contributed by atoms with van der Waals surface area (Å²) >= 11 is 17.9. The molecule has 0 radical (unpaired) electrons. The van der Waals surface area contributed by atoms with Gasteiger partial charge in [-0.05, 0) is 24.3 Å². The summed E-state index contributed by atoms with van der Waals surface area (Å²) in [7, 11) is 0. The van der Waals surface area contributed by atoms with Gasteiger partial charge in [-0.2, -0.15) is 0 Å². The maximum atomic E-state index is 5.97. The lowest BCUT2D eigenvalue weighted by molar-refractivity contribution is 1.34. The van der Waals surface area contributed by atoms with Crippen LogP contribution in [0.5, 0.6) is 0 Å². The third kappa shape index (κ3) is 2.07. The maximum absolute atomic E-state index is 5.97. The predicted molar refractivity (Wildman–Crippen MR) is 76.6 cm³/mol. The van der Waals surface area contributed by atoms with Gasteiger partial charge < -0.3 is 4.98 Å². The summed E-state index contributed by atoms with van der Waals surface area (Å²) in [5.41, 5.74) is 2.55. The van der Waals surface area contributed by atoms with Crippen LogP contribution in [-0.2, 0) is 0 Å². The van der Waals surface area contributed by atoms with Crippen LogP contribution in [-0.4, -0.2) is 9.97 Å². The standard InChI is InChI=1S/C13H7Cl3N2/c14-8-3-1-2-7(4-8)13-17-11-5-9(15)10(16)6-12(11)18-13/h1-6H,(H,17,18). The topological polar surface area (TPSA) is 28.7 Å². The van der Waals surface area contributed by atoms with E-state index in [9.17, 15) is 0 Å². The number of fused-ring (bicyclic) bond motifs is 1. The Balaban J connectivity index is 2.19. The normalized spacial score (nSPS) is 11.1. The van der Waals surface area contributed by atoms with Crippen LogP contribution in [0, 0.1) is 0 Å². The molecule has 0 fully saturated rings. The highest BCUT2D eigenvalue weighted by molar-refractivity contribution is 6.42. The summed E-state index contributed by atoms with van der Waals surface area (Å²) in [6.45, 7) is 0. The van der Waals surface area contributed by atoms with Crippen molar-refractivity contribution in [3.63, 3.8) is 0 Å². The number of H-pyrrole nitrogens is 1. The minimum absolute atomic E-state index is 0.494. The van der Waals surface area contributed by atoms with E-state index in [1.807, 2.05) is 24.3 Å². The molecule has 5 heteroatoms. The Morgan fingerprint density at radius 2 is 1.72 bits per heavy atom. The van der Waals surface area contributed by atoms with E-state index in [-0.39, 0.29) is 0 Å². The average Bonchev–Trinajstić information content (AvgIpc) is 2.73. The molecule has 3 rings (SSSR count). The van der Waals surface area contributed by atoms with Gasteiger partial charge in [-0.3, -0.25) is 0 Å². The number of halogens is 3. The fourth-order valence-corrected chi connectivity index (χ4v) is 2.29. The van der Waals surface area contributed by atoms with Crippen LogP contribution in [0.15, 0.2) is 36.4 Å². The molecule has 1 aromatic heterocycles. The first-order valence-electron chi connectivity index (χ1n) is 5.24.